The highest BCUT2D eigenvalue weighted by Crippen LogP contribution is 2.15. The molecule has 3 rings (SSSR count). The Kier molecular flexibility index (Phi) is 6.93. The highest BCUT2D eigenvalue weighted by Gasteiger charge is 2.23. The van der Waals surface area contributed by atoms with Crippen LogP contribution in [0.4, 0.5) is 4.39 Å². The summed E-state index contributed by atoms with van der Waals surface area (Å²) in [6, 6.07) is 21.3. The number of benzene rings is 3. The van der Waals surface area contributed by atoms with Crippen LogP contribution in [0.5, 0.6) is 0 Å². The molecule has 0 saturated carbocycles. The van der Waals surface area contributed by atoms with Gasteiger partial charge in [-0.3, -0.25) is 4.79 Å². The summed E-state index contributed by atoms with van der Waals surface area (Å²) in [5, 5.41) is 19.6. The summed E-state index contributed by atoms with van der Waals surface area (Å²) in [4.78, 5) is 25.6. The lowest BCUT2D eigenvalue weighted by Gasteiger charge is -2.26. The molecule has 5 nitrogen and oxygen atoms in total. The predicted molar refractivity (Wildman–Crippen MR) is 110 cm³/mol. The quantitative estimate of drug-likeness (QED) is 0.598. The number of carbonyl (C=O) groups excluding carboxylic acids is 1. The van der Waals surface area contributed by atoms with Crippen LogP contribution in [-0.2, 0) is 24.3 Å². The number of nitrogens with zero attached hydrogens (tertiary/aromatic N) is 1. The van der Waals surface area contributed by atoms with Crippen molar-refractivity contribution in [2.75, 3.05) is 0 Å². The van der Waals surface area contributed by atoms with Gasteiger partial charge in [0.05, 0.1) is 5.56 Å². The molecule has 0 aliphatic heterocycles. The normalized spacial score (nSPS) is 11.7. The first kappa shape index (κ1) is 21.2. The van der Waals surface area contributed by atoms with Crippen LogP contribution in [0.2, 0.25) is 0 Å². The fourth-order valence-corrected chi connectivity index (χ4v) is 3.13. The summed E-state index contributed by atoms with van der Waals surface area (Å²) in [6.45, 7) is 0.509. The van der Waals surface area contributed by atoms with Crippen LogP contribution in [0.1, 0.15) is 27.0 Å². The fraction of sp³-hybridized carbons (Fsp3) is 0.167. The Morgan fingerprint density at radius 1 is 0.800 bits per heavy atom. The molecule has 30 heavy (non-hydrogen) atoms. The summed E-state index contributed by atoms with van der Waals surface area (Å²) in [5.41, 5.74) is 2.47. The highest BCUT2D eigenvalue weighted by molar-refractivity contribution is 5.87. The zero-order chi connectivity index (χ0) is 21.5. The molecule has 0 fully saturated rings. The Bertz CT molecular complexity index is 988. The van der Waals surface area contributed by atoms with E-state index in [9.17, 15) is 19.1 Å². The SMILES string of the molecule is O=C(O)c1ccc(CN(Cc2ccccc2)C(=O)C(O)Cc2ccc(F)cc2)cc1. The zero-order valence-corrected chi connectivity index (χ0v) is 16.2. The lowest BCUT2D eigenvalue weighted by Crippen LogP contribution is -2.39. The van der Waals surface area contributed by atoms with E-state index in [0.717, 1.165) is 11.1 Å². The number of aromatic carboxylic acids is 1. The van der Waals surface area contributed by atoms with Gasteiger partial charge < -0.3 is 15.1 Å². The van der Waals surface area contributed by atoms with Crippen molar-refractivity contribution in [3.8, 4) is 0 Å². The van der Waals surface area contributed by atoms with Gasteiger partial charge in [-0.25, -0.2) is 9.18 Å². The molecule has 1 atom stereocenters. The van der Waals surface area contributed by atoms with Crippen LogP contribution in [0.15, 0.2) is 78.9 Å². The van der Waals surface area contributed by atoms with E-state index < -0.39 is 18.0 Å². The Morgan fingerprint density at radius 2 is 1.33 bits per heavy atom. The molecule has 0 heterocycles. The van der Waals surface area contributed by atoms with E-state index in [1.807, 2.05) is 30.3 Å². The third kappa shape index (κ3) is 5.75. The maximum Gasteiger partial charge on any atom is 0.335 e. The minimum absolute atomic E-state index is 0.0718. The molecule has 0 aromatic heterocycles. The summed E-state index contributed by atoms with van der Waals surface area (Å²) in [5.74, 6) is -1.85. The summed E-state index contributed by atoms with van der Waals surface area (Å²) in [6.07, 6.45) is -1.21. The Hall–Kier alpha value is -3.51. The third-order valence-electron chi connectivity index (χ3n) is 4.73. The second-order valence-corrected chi connectivity index (χ2v) is 7.03. The van der Waals surface area contributed by atoms with E-state index in [1.54, 1.807) is 12.1 Å². The van der Waals surface area contributed by atoms with Gasteiger partial charge in [-0.2, -0.15) is 0 Å². The molecular weight excluding hydrogens is 385 g/mol. The van der Waals surface area contributed by atoms with Crippen molar-refractivity contribution in [3.63, 3.8) is 0 Å². The molecule has 0 bridgehead atoms. The molecular formula is C24H22FNO4. The van der Waals surface area contributed by atoms with Crippen LogP contribution in [0.25, 0.3) is 0 Å². The van der Waals surface area contributed by atoms with Gasteiger partial charge in [0.2, 0.25) is 0 Å². The van der Waals surface area contributed by atoms with Crippen molar-refractivity contribution < 1.29 is 24.2 Å². The first-order valence-corrected chi connectivity index (χ1v) is 9.50. The van der Waals surface area contributed by atoms with Crippen molar-refractivity contribution >= 4 is 11.9 Å². The molecule has 1 unspecified atom stereocenters. The number of aliphatic hydroxyl groups is 1. The van der Waals surface area contributed by atoms with E-state index in [-0.39, 0.29) is 24.3 Å². The van der Waals surface area contributed by atoms with Crippen LogP contribution in [-0.4, -0.2) is 33.1 Å². The number of hydrogen-bond acceptors (Lipinski definition) is 3. The van der Waals surface area contributed by atoms with Gasteiger partial charge in [-0.15, -0.1) is 0 Å². The number of carbonyl (C=O) groups is 2. The zero-order valence-electron chi connectivity index (χ0n) is 16.2. The molecule has 0 radical (unpaired) electrons. The molecule has 0 spiro atoms. The maximum atomic E-state index is 13.1. The lowest BCUT2D eigenvalue weighted by atomic mass is 10.1. The largest absolute Gasteiger partial charge is 0.478 e. The van der Waals surface area contributed by atoms with Crippen LogP contribution >= 0.6 is 0 Å². The van der Waals surface area contributed by atoms with Crippen LogP contribution < -0.4 is 0 Å². The predicted octanol–water partition coefficient (Wildman–Crippen LogP) is 3.66. The number of aliphatic hydroxyl groups excluding tert-OH is 1. The van der Waals surface area contributed by atoms with Gasteiger partial charge in [0, 0.05) is 19.5 Å². The van der Waals surface area contributed by atoms with E-state index in [0.29, 0.717) is 12.1 Å². The number of halogens is 1. The van der Waals surface area contributed by atoms with Crippen LogP contribution in [0.3, 0.4) is 0 Å². The van der Waals surface area contributed by atoms with Crippen molar-refractivity contribution in [2.45, 2.75) is 25.6 Å². The number of rotatable bonds is 8. The van der Waals surface area contributed by atoms with Crippen molar-refractivity contribution in [1.82, 2.24) is 4.90 Å². The smallest absolute Gasteiger partial charge is 0.335 e. The highest BCUT2D eigenvalue weighted by atomic mass is 19.1. The number of carboxylic acid groups (broad SMARTS) is 1. The fourth-order valence-electron chi connectivity index (χ4n) is 3.13. The van der Waals surface area contributed by atoms with Gasteiger partial charge in [-0.1, -0.05) is 54.6 Å². The van der Waals surface area contributed by atoms with Crippen LogP contribution in [0, 0.1) is 5.82 Å². The van der Waals surface area contributed by atoms with Crippen molar-refractivity contribution in [1.29, 1.82) is 0 Å². The summed E-state index contributed by atoms with van der Waals surface area (Å²) >= 11 is 0. The lowest BCUT2D eigenvalue weighted by molar-refractivity contribution is -0.141. The van der Waals surface area contributed by atoms with Gasteiger partial charge in [-0.05, 0) is 41.0 Å². The molecule has 3 aromatic carbocycles. The molecule has 0 aliphatic rings. The second kappa shape index (κ2) is 9.80. The van der Waals surface area contributed by atoms with E-state index in [4.69, 9.17) is 5.11 Å². The average molecular weight is 407 g/mol. The third-order valence-corrected chi connectivity index (χ3v) is 4.73. The Labute approximate surface area is 174 Å². The van der Waals surface area contributed by atoms with E-state index in [2.05, 4.69) is 0 Å². The Balaban J connectivity index is 1.77. The van der Waals surface area contributed by atoms with E-state index >= 15 is 0 Å². The van der Waals surface area contributed by atoms with E-state index in [1.165, 1.54) is 41.3 Å². The standard InChI is InChI=1S/C24H22FNO4/c25-21-12-8-17(9-13-21)14-22(27)23(28)26(15-18-4-2-1-3-5-18)16-19-6-10-20(11-7-19)24(29)30/h1-13,22,27H,14-16H2,(H,29,30). The summed E-state index contributed by atoms with van der Waals surface area (Å²) in [7, 11) is 0. The molecule has 3 aromatic rings. The van der Waals surface area contributed by atoms with Gasteiger partial charge in [0.1, 0.15) is 11.9 Å². The van der Waals surface area contributed by atoms with Gasteiger partial charge in [0.15, 0.2) is 0 Å². The number of hydrogen-bond donors (Lipinski definition) is 2. The minimum atomic E-state index is -1.28. The number of carboxylic acids is 1. The molecule has 2 N–H and O–H groups in total. The molecule has 6 heteroatoms. The molecule has 1 amide bonds. The second-order valence-electron chi connectivity index (χ2n) is 7.03. The monoisotopic (exact) mass is 407 g/mol. The first-order valence-electron chi connectivity index (χ1n) is 9.50. The van der Waals surface area contributed by atoms with Gasteiger partial charge >= 0.3 is 5.97 Å². The molecule has 0 saturated heterocycles. The Morgan fingerprint density at radius 3 is 1.90 bits per heavy atom. The summed E-state index contributed by atoms with van der Waals surface area (Å²) < 4.78 is 13.1. The molecule has 154 valence electrons. The maximum absolute atomic E-state index is 13.1. The van der Waals surface area contributed by atoms with Gasteiger partial charge in [0.25, 0.3) is 5.91 Å². The topological polar surface area (TPSA) is 77.8 Å². The van der Waals surface area contributed by atoms with Crippen molar-refractivity contribution in [2.24, 2.45) is 0 Å². The first-order chi connectivity index (χ1) is 14.4. The average Bonchev–Trinajstić information content (AvgIpc) is 2.75. The molecule has 0 aliphatic carbocycles. The minimum Gasteiger partial charge on any atom is -0.478 e. The number of amides is 1. The van der Waals surface area contributed by atoms with Crippen molar-refractivity contribution in [3.05, 3.63) is 107 Å².